The van der Waals surface area contributed by atoms with Crippen LogP contribution in [0.15, 0.2) is 12.3 Å². The molecule has 12 heteroatoms. The zero-order chi connectivity index (χ0) is 25.1. The van der Waals surface area contributed by atoms with E-state index in [0.29, 0.717) is 19.0 Å². The number of nitrogens with one attached hydrogen (secondary N) is 1. The highest BCUT2D eigenvalue weighted by atomic mass is 32.2. The Bertz CT molecular complexity index is 1110. The van der Waals surface area contributed by atoms with Crippen LogP contribution in [0.1, 0.15) is 45.6 Å². The first-order chi connectivity index (χ1) is 15.7. The molecule has 1 aromatic rings. The molecule has 2 atom stereocenters. The fourth-order valence-electron chi connectivity index (χ4n) is 5.84. The summed E-state index contributed by atoms with van der Waals surface area (Å²) in [6.45, 7) is 5.77. The Kier molecular flexibility index (Phi) is 5.99. The molecule has 1 saturated heterocycles. The van der Waals surface area contributed by atoms with Gasteiger partial charge in [0, 0.05) is 51.1 Å². The maximum absolute atomic E-state index is 13.3. The number of carbonyl (C=O) groups excluding carboxylic acids is 2. The van der Waals surface area contributed by atoms with Crippen LogP contribution in [0.3, 0.4) is 0 Å². The molecule has 188 valence electrons. The predicted octanol–water partition coefficient (Wildman–Crippen LogP) is 2.91. The molecule has 4 rings (SSSR count). The van der Waals surface area contributed by atoms with E-state index >= 15 is 0 Å². The van der Waals surface area contributed by atoms with Gasteiger partial charge in [-0.25, -0.2) is 13.4 Å². The van der Waals surface area contributed by atoms with Crippen molar-refractivity contribution < 1.29 is 31.2 Å². The summed E-state index contributed by atoms with van der Waals surface area (Å²) in [5, 5.41) is 2.39. The van der Waals surface area contributed by atoms with Crippen molar-refractivity contribution in [2.24, 2.45) is 16.7 Å². The number of hydrogen-bond acceptors (Lipinski definition) is 6. The molecule has 3 aliphatic rings. The molecule has 1 aliphatic heterocycles. The lowest BCUT2D eigenvalue weighted by atomic mass is 9.70. The predicted molar refractivity (Wildman–Crippen MR) is 120 cm³/mol. The normalized spacial score (nSPS) is 27.3. The van der Waals surface area contributed by atoms with Gasteiger partial charge < -0.3 is 10.2 Å². The van der Waals surface area contributed by atoms with E-state index in [1.807, 2.05) is 13.8 Å². The standard InChI is InChI=1S/C22H29F3N4O4S/c1-14(30)27-17-10-16(22(23,24)25)12-26-19(17)28-6-8-29(9-7-28)34(32,33)13-21-5-4-15(11-18(21)31)20(21,2)3/h10,12,15H,4-9,11,13H2,1-3H3,(H,27,30)/t15-,21+/m1/s1. The molecule has 1 aromatic heterocycles. The first-order valence-electron chi connectivity index (χ1n) is 11.3. The molecule has 2 heterocycles. The van der Waals surface area contributed by atoms with Crippen LogP contribution >= 0.6 is 0 Å². The van der Waals surface area contributed by atoms with Gasteiger partial charge in [0.2, 0.25) is 15.9 Å². The van der Waals surface area contributed by atoms with Crippen molar-refractivity contribution >= 4 is 33.2 Å². The SMILES string of the molecule is CC(=O)Nc1cc(C(F)(F)F)cnc1N1CCN(S(=O)(=O)C[C@@]23CC[C@H](CC2=O)C3(C)C)CC1. The smallest absolute Gasteiger partial charge is 0.352 e. The number of nitrogens with zero attached hydrogens (tertiary/aromatic N) is 3. The highest BCUT2D eigenvalue weighted by molar-refractivity contribution is 7.89. The summed E-state index contributed by atoms with van der Waals surface area (Å²) >= 11 is 0. The Labute approximate surface area is 196 Å². The average Bonchev–Trinajstić information content (AvgIpc) is 3.07. The first-order valence-corrected chi connectivity index (χ1v) is 12.9. The highest BCUT2D eigenvalue weighted by Gasteiger charge is 2.65. The second kappa shape index (κ2) is 8.18. The number of amides is 1. The Morgan fingerprint density at radius 3 is 2.38 bits per heavy atom. The molecule has 0 aromatic carbocycles. The van der Waals surface area contributed by atoms with Gasteiger partial charge in [-0.1, -0.05) is 13.8 Å². The van der Waals surface area contributed by atoms with E-state index < -0.39 is 33.1 Å². The number of ketones is 1. The number of anilines is 2. The van der Waals surface area contributed by atoms with Gasteiger partial charge in [0.05, 0.1) is 17.0 Å². The molecule has 34 heavy (non-hydrogen) atoms. The number of piperazine rings is 1. The second-order valence-corrected chi connectivity index (χ2v) is 12.1. The van der Waals surface area contributed by atoms with Crippen molar-refractivity contribution in [2.75, 3.05) is 42.1 Å². The van der Waals surface area contributed by atoms with Crippen LogP contribution in [0.2, 0.25) is 0 Å². The summed E-state index contributed by atoms with van der Waals surface area (Å²) in [7, 11) is -3.73. The molecule has 1 amide bonds. The Hall–Kier alpha value is -2.21. The van der Waals surface area contributed by atoms with Crippen molar-refractivity contribution in [1.82, 2.24) is 9.29 Å². The Morgan fingerprint density at radius 2 is 1.88 bits per heavy atom. The Morgan fingerprint density at radius 1 is 1.24 bits per heavy atom. The fraction of sp³-hybridized carbons (Fsp3) is 0.682. The van der Waals surface area contributed by atoms with E-state index in [1.165, 1.54) is 11.2 Å². The quantitative estimate of drug-likeness (QED) is 0.665. The number of sulfonamides is 1. The second-order valence-electron chi connectivity index (χ2n) is 10.1. The number of alkyl halides is 3. The van der Waals surface area contributed by atoms with Crippen molar-refractivity contribution in [3.8, 4) is 0 Å². The number of rotatable bonds is 5. The minimum absolute atomic E-state index is 0.0323. The number of fused-ring (bicyclic) bond motifs is 2. The van der Waals surface area contributed by atoms with Crippen LogP contribution in [0.25, 0.3) is 0 Å². The molecule has 0 unspecified atom stereocenters. The summed E-state index contributed by atoms with van der Waals surface area (Å²) in [6, 6.07) is 0.830. The molecule has 2 aliphatic carbocycles. The van der Waals surface area contributed by atoms with E-state index in [1.54, 1.807) is 4.90 Å². The number of Topliss-reactive ketones (excluding diaryl/α,β-unsaturated/α-hetero) is 1. The molecular formula is C22H29F3N4O4S. The van der Waals surface area contributed by atoms with Crippen LogP contribution in [0.5, 0.6) is 0 Å². The minimum Gasteiger partial charge on any atom is -0.352 e. The van der Waals surface area contributed by atoms with Crippen LogP contribution < -0.4 is 10.2 Å². The van der Waals surface area contributed by atoms with E-state index in [9.17, 15) is 31.2 Å². The topological polar surface area (TPSA) is 99.7 Å². The van der Waals surface area contributed by atoms with E-state index in [4.69, 9.17) is 0 Å². The largest absolute Gasteiger partial charge is 0.417 e. The number of hydrogen-bond donors (Lipinski definition) is 1. The molecule has 0 spiro atoms. The maximum atomic E-state index is 13.3. The molecule has 8 nitrogen and oxygen atoms in total. The Balaban J connectivity index is 1.50. The van der Waals surface area contributed by atoms with Crippen LogP contribution in [-0.2, 0) is 25.8 Å². The van der Waals surface area contributed by atoms with Crippen molar-refractivity contribution in [3.05, 3.63) is 17.8 Å². The molecule has 2 bridgehead atoms. The summed E-state index contributed by atoms with van der Waals surface area (Å²) < 4.78 is 67.3. The maximum Gasteiger partial charge on any atom is 0.417 e. The lowest BCUT2D eigenvalue weighted by molar-refractivity contribution is -0.137. The van der Waals surface area contributed by atoms with Gasteiger partial charge in [-0.2, -0.15) is 17.5 Å². The average molecular weight is 503 g/mol. The lowest BCUT2D eigenvalue weighted by Gasteiger charge is -2.40. The molecule has 3 fully saturated rings. The van der Waals surface area contributed by atoms with Crippen molar-refractivity contribution in [1.29, 1.82) is 0 Å². The van der Waals surface area contributed by atoms with Crippen molar-refractivity contribution in [3.63, 3.8) is 0 Å². The third-order valence-electron chi connectivity index (χ3n) is 8.00. The van der Waals surface area contributed by atoms with Gasteiger partial charge in [-0.05, 0) is 30.2 Å². The summed E-state index contributed by atoms with van der Waals surface area (Å²) in [5.41, 5.74) is -2.29. The van der Waals surface area contributed by atoms with Gasteiger partial charge in [-0.3, -0.25) is 9.59 Å². The summed E-state index contributed by atoms with van der Waals surface area (Å²) in [6.07, 6.45) is -2.05. The van der Waals surface area contributed by atoms with Gasteiger partial charge in [0.1, 0.15) is 5.78 Å². The van der Waals surface area contributed by atoms with Gasteiger partial charge in [0.25, 0.3) is 0 Å². The molecular weight excluding hydrogens is 473 g/mol. The molecule has 0 radical (unpaired) electrons. The van der Waals surface area contributed by atoms with Gasteiger partial charge >= 0.3 is 6.18 Å². The zero-order valence-electron chi connectivity index (χ0n) is 19.4. The van der Waals surface area contributed by atoms with Gasteiger partial charge in [-0.15, -0.1) is 0 Å². The van der Waals surface area contributed by atoms with E-state index in [2.05, 4.69) is 10.3 Å². The fourth-order valence-corrected chi connectivity index (χ4v) is 8.04. The minimum atomic E-state index is -4.62. The van der Waals surface area contributed by atoms with Crippen LogP contribution in [-0.4, -0.2) is 61.3 Å². The number of pyridine rings is 1. The van der Waals surface area contributed by atoms with Crippen LogP contribution in [0, 0.1) is 16.7 Å². The number of halogens is 3. The first kappa shape index (κ1) is 24.9. The summed E-state index contributed by atoms with van der Waals surface area (Å²) in [5.74, 6) is -0.348. The van der Waals surface area contributed by atoms with E-state index in [0.717, 1.165) is 12.5 Å². The molecule has 2 saturated carbocycles. The molecule has 1 N–H and O–H groups in total. The third-order valence-corrected chi connectivity index (χ3v) is 10.0. The highest BCUT2D eigenvalue weighted by Crippen LogP contribution is 2.64. The van der Waals surface area contributed by atoms with Crippen molar-refractivity contribution in [2.45, 2.75) is 46.2 Å². The third kappa shape index (κ3) is 4.08. The lowest BCUT2D eigenvalue weighted by Crippen LogP contribution is -2.53. The number of carbonyl (C=O) groups is 2. The number of aromatic nitrogens is 1. The van der Waals surface area contributed by atoms with E-state index in [-0.39, 0.29) is 60.6 Å². The van der Waals surface area contributed by atoms with Gasteiger partial charge in [0.15, 0.2) is 5.82 Å². The van der Waals surface area contributed by atoms with Crippen LogP contribution in [0.4, 0.5) is 24.7 Å². The zero-order valence-corrected chi connectivity index (χ0v) is 20.2. The summed E-state index contributed by atoms with van der Waals surface area (Å²) in [4.78, 5) is 29.9. The monoisotopic (exact) mass is 502 g/mol.